The summed E-state index contributed by atoms with van der Waals surface area (Å²) in [6.07, 6.45) is 3.63. The molecule has 0 bridgehead atoms. The molecular formula is C15H25N5OS. The van der Waals surface area contributed by atoms with Gasteiger partial charge in [0.05, 0.1) is 5.01 Å². The van der Waals surface area contributed by atoms with Gasteiger partial charge in [0.2, 0.25) is 5.91 Å². The summed E-state index contributed by atoms with van der Waals surface area (Å²) in [6.45, 7) is 9.24. The van der Waals surface area contributed by atoms with Crippen LogP contribution >= 0.6 is 11.3 Å². The highest BCUT2D eigenvalue weighted by Crippen LogP contribution is 2.20. The van der Waals surface area contributed by atoms with E-state index < -0.39 is 0 Å². The number of carbonyl (C=O) groups excluding carboxylic acids is 1. The molecule has 0 aromatic carbocycles. The fraction of sp³-hybridized carbons (Fsp3) is 0.533. The summed E-state index contributed by atoms with van der Waals surface area (Å²) >= 11 is 1.70. The van der Waals surface area contributed by atoms with Gasteiger partial charge in [0.1, 0.15) is 6.54 Å². The number of nitrogens with zero attached hydrogens (tertiary/aromatic N) is 3. The Morgan fingerprint density at radius 3 is 2.82 bits per heavy atom. The van der Waals surface area contributed by atoms with Crippen LogP contribution in [0.25, 0.3) is 0 Å². The van der Waals surface area contributed by atoms with E-state index in [0.717, 1.165) is 5.01 Å². The van der Waals surface area contributed by atoms with Crippen molar-refractivity contribution < 1.29 is 4.79 Å². The van der Waals surface area contributed by atoms with Crippen molar-refractivity contribution in [3.8, 4) is 0 Å². The minimum atomic E-state index is -0.0386. The van der Waals surface area contributed by atoms with Crippen molar-refractivity contribution in [3.05, 3.63) is 28.7 Å². The third kappa shape index (κ3) is 6.26. The largest absolute Gasteiger partial charge is 0.356 e. The number of hydrogen-bond donors (Lipinski definition) is 2. The standard InChI is InChI=1S/C15H25N5OS/c1-6-7-16-15(19-10-13(21)20(4)5)18-8-11(2)14-17-9-12(3)22-14/h6,9,11H,1,7-8,10H2,2-5H3,(H2,16,18,19). The molecule has 6 nitrogen and oxygen atoms in total. The van der Waals surface area contributed by atoms with E-state index in [9.17, 15) is 4.79 Å². The third-order valence-electron chi connectivity index (χ3n) is 2.92. The van der Waals surface area contributed by atoms with Gasteiger partial charge in [0, 0.05) is 44.2 Å². The summed E-state index contributed by atoms with van der Waals surface area (Å²) in [5, 5.41) is 7.45. The smallest absolute Gasteiger partial charge is 0.243 e. The minimum absolute atomic E-state index is 0.0386. The Hall–Kier alpha value is -1.89. The van der Waals surface area contributed by atoms with Gasteiger partial charge in [-0.05, 0) is 6.92 Å². The molecule has 0 saturated heterocycles. The fourth-order valence-corrected chi connectivity index (χ4v) is 2.39. The maximum absolute atomic E-state index is 11.6. The second-order valence-corrected chi connectivity index (χ2v) is 6.48. The topological polar surface area (TPSA) is 69.6 Å². The van der Waals surface area contributed by atoms with E-state index in [1.807, 2.05) is 13.1 Å². The molecule has 2 N–H and O–H groups in total. The highest BCUT2D eigenvalue weighted by atomic mass is 32.1. The summed E-state index contributed by atoms with van der Waals surface area (Å²) in [6, 6.07) is 0. The van der Waals surface area contributed by atoms with Crippen LogP contribution in [0.3, 0.4) is 0 Å². The van der Waals surface area contributed by atoms with Crippen molar-refractivity contribution in [2.75, 3.05) is 33.7 Å². The lowest BCUT2D eigenvalue weighted by molar-refractivity contribution is -0.127. The minimum Gasteiger partial charge on any atom is -0.356 e. The Morgan fingerprint density at radius 2 is 2.27 bits per heavy atom. The summed E-state index contributed by atoms with van der Waals surface area (Å²) < 4.78 is 0. The maximum Gasteiger partial charge on any atom is 0.243 e. The van der Waals surface area contributed by atoms with Crippen LogP contribution in [0.15, 0.2) is 23.8 Å². The van der Waals surface area contributed by atoms with Crippen LogP contribution in [-0.4, -0.2) is 55.5 Å². The van der Waals surface area contributed by atoms with Crippen molar-refractivity contribution in [3.63, 3.8) is 0 Å². The SMILES string of the molecule is C=CCNC(=NCC(=O)N(C)C)NCC(C)c1ncc(C)s1. The van der Waals surface area contributed by atoms with E-state index in [-0.39, 0.29) is 18.4 Å². The van der Waals surface area contributed by atoms with Gasteiger partial charge in [0.25, 0.3) is 0 Å². The van der Waals surface area contributed by atoms with Crippen molar-refractivity contribution >= 4 is 23.2 Å². The van der Waals surface area contributed by atoms with E-state index in [1.54, 1.807) is 31.5 Å². The maximum atomic E-state index is 11.6. The molecule has 0 aliphatic heterocycles. The number of hydrogen-bond acceptors (Lipinski definition) is 4. The molecule has 1 unspecified atom stereocenters. The van der Waals surface area contributed by atoms with Crippen LogP contribution in [0, 0.1) is 6.92 Å². The molecule has 0 aliphatic rings. The first-order valence-corrected chi connectivity index (χ1v) is 8.01. The molecule has 1 atom stereocenters. The second-order valence-electron chi connectivity index (χ2n) is 5.21. The molecule has 7 heteroatoms. The summed E-state index contributed by atoms with van der Waals surface area (Å²) in [5.74, 6) is 0.845. The number of thiazole rings is 1. The Bertz CT molecular complexity index is 524. The predicted molar refractivity (Wildman–Crippen MR) is 92.5 cm³/mol. The third-order valence-corrected chi connectivity index (χ3v) is 4.07. The molecular weight excluding hydrogens is 298 g/mol. The van der Waals surface area contributed by atoms with Gasteiger partial charge < -0.3 is 15.5 Å². The van der Waals surface area contributed by atoms with Gasteiger partial charge in [-0.15, -0.1) is 17.9 Å². The molecule has 1 rings (SSSR count). The number of aliphatic imine (C=N–C) groups is 1. The van der Waals surface area contributed by atoms with Crippen LogP contribution in [0.1, 0.15) is 22.7 Å². The average Bonchev–Trinajstić information content (AvgIpc) is 2.92. The molecule has 1 aromatic heterocycles. The van der Waals surface area contributed by atoms with Crippen molar-refractivity contribution in [1.82, 2.24) is 20.5 Å². The molecule has 1 amide bonds. The van der Waals surface area contributed by atoms with Crippen molar-refractivity contribution in [2.45, 2.75) is 19.8 Å². The number of carbonyl (C=O) groups is 1. The normalized spacial score (nSPS) is 12.6. The molecule has 0 fully saturated rings. The quantitative estimate of drug-likeness (QED) is 0.452. The van der Waals surface area contributed by atoms with Crippen LogP contribution in [-0.2, 0) is 4.79 Å². The van der Waals surface area contributed by atoms with E-state index in [0.29, 0.717) is 19.0 Å². The Balaban J connectivity index is 2.58. The number of amides is 1. The number of aryl methyl sites for hydroxylation is 1. The monoisotopic (exact) mass is 323 g/mol. The number of likely N-dealkylation sites (N-methyl/N-ethyl adjacent to an activating group) is 1. The molecule has 122 valence electrons. The zero-order valence-corrected chi connectivity index (χ0v) is 14.5. The predicted octanol–water partition coefficient (Wildman–Crippen LogP) is 1.36. The van der Waals surface area contributed by atoms with Crippen LogP contribution in [0.4, 0.5) is 0 Å². The highest BCUT2D eigenvalue weighted by Gasteiger charge is 2.11. The molecule has 0 radical (unpaired) electrons. The highest BCUT2D eigenvalue weighted by molar-refractivity contribution is 7.11. The lowest BCUT2D eigenvalue weighted by atomic mass is 10.2. The summed E-state index contributed by atoms with van der Waals surface area (Å²) in [4.78, 5) is 23.0. The Kier molecular flexibility index (Phi) is 7.59. The van der Waals surface area contributed by atoms with Gasteiger partial charge in [-0.2, -0.15) is 0 Å². The first-order chi connectivity index (χ1) is 10.4. The molecule has 1 aromatic rings. The summed E-state index contributed by atoms with van der Waals surface area (Å²) in [5.41, 5.74) is 0. The first-order valence-electron chi connectivity index (χ1n) is 7.19. The number of aromatic nitrogens is 1. The van der Waals surface area contributed by atoms with Gasteiger partial charge in [-0.3, -0.25) is 4.79 Å². The molecule has 0 saturated carbocycles. The van der Waals surface area contributed by atoms with Crippen molar-refractivity contribution in [2.24, 2.45) is 4.99 Å². The van der Waals surface area contributed by atoms with Gasteiger partial charge in [-0.1, -0.05) is 13.0 Å². The van der Waals surface area contributed by atoms with Gasteiger partial charge in [0.15, 0.2) is 5.96 Å². The van der Waals surface area contributed by atoms with Crippen LogP contribution in [0.2, 0.25) is 0 Å². The van der Waals surface area contributed by atoms with Gasteiger partial charge in [-0.25, -0.2) is 9.98 Å². The molecule has 0 aliphatic carbocycles. The van der Waals surface area contributed by atoms with E-state index in [4.69, 9.17) is 0 Å². The van der Waals surface area contributed by atoms with Crippen LogP contribution < -0.4 is 10.6 Å². The average molecular weight is 323 g/mol. The fourth-order valence-electron chi connectivity index (χ4n) is 1.57. The van der Waals surface area contributed by atoms with E-state index in [2.05, 4.69) is 34.1 Å². The second kappa shape index (κ2) is 9.19. The number of rotatable bonds is 7. The van der Waals surface area contributed by atoms with E-state index in [1.165, 1.54) is 9.78 Å². The number of nitrogens with one attached hydrogen (secondary N) is 2. The molecule has 22 heavy (non-hydrogen) atoms. The lowest BCUT2D eigenvalue weighted by Crippen LogP contribution is -2.40. The lowest BCUT2D eigenvalue weighted by Gasteiger charge is -2.15. The summed E-state index contributed by atoms with van der Waals surface area (Å²) in [7, 11) is 3.43. The Morgan fingerprint density at radius 1 is 1.55 bits per heavy atom. The number of guanidine groups is 1. The zero-order valence-electron chi connectivity index (χ0n) is 13.7. The first kappa shape index (κ1) is 18.2. The molecule has 0 spiro atoms. The Labute approximate surface area is 136 Å². The van der Waals surface area contributed by atoms with Crippen LogP contribution in [0.5, 0.6) is 0 Å². The zero-order chi connectivity index (χ0) is 16.5. The van der Waals surface area contributed by atoms with Crippen molar-refractivity contribution in [1.29, 1.82) is 0 Å². The molecule has 1 heterocycles. The van der Waals surface area contributed by atoms with Gasteiger partial charge >= 0.3 is 0 Å². The van der Waals surface area contributed by atoms with E-state index >= 15 is 0 Å².